The number of aromatic nitrogens is 3. The number of piperazine rings is 1. The molecule has 15 heteroatoms. The summed E-state index contributed by atoms with van der Waals surface area (Å²) < 4.78 is 87.0. The van der Waals surface area contributed by atoms with Crippen LogP contribution in [-0.4, -0.2) is 71.1 Å². The van der Waals surface area contributed by atoms with Crippen LogP contribution in [0.2, 0.25) is 0 Å². The largest absolute Gasteiger partial charge is 0.417 e. The predicted octanol–water partition coefficient (Wildman–Crippen LogP) is 4.68. The molecule has 0 radical (unpaired) electrons. The summed E-state index contributed by atoms with van der Waals surface area (Å²) in [6.45, 7) is 4.77. The van der Waals surface area contributed by atoms with E-state index in [0.29, 0.717) is 32.3 Å². The van der Waals surface area contributed by atoms with Crippen molar-refractivity contribution >= 4 is 28.8 Å². The van der Waals surface area contributed by atoms with Gasteiger partial charge >= 0.3 is 6.18 Å². The van der Waals surface area contributed by atoms with Crippen molar-refractivity contribution in [2.24, 2.45) is 0 Å². The van der Waals surface area contributed by atoms with Crippen molar-refractivity contribution in [2.75, 3.05) is 48.3 Å². The van der Waals surface area contributed by atoms with Gasteiger partial charge in [0.1, 0.15) is 11.5 Å². The molecule has 234 valence electrons. The number of alkyl halides is 3. The number of rotatable bonds is 5. The van der Waals surface area contributed by atoms with E-state index < -0.39 is 57.5 Å². The Morgan fingerprint density at radius 3 is 2.34 bits per heavy atom. The van der Waals surface area contributed by atoms with E-state index in [-0.39, 0.29) is 41.9 Å². The summed E-state index contributed by atoms with van der Waals surface area (Å²) in [7, 11) is 1.90. The molecular weight excluding hydrogens is 592 g/mol. The van der Waals surface area contributed by atoms with Crippen LogP contribution in [0.5, 0.6) is 0 Å². The molecule has 2 aromatic heterocycles. The lowest BCUT2D eigenvalue weighted by Crippen LogP contribution is -2.55. The number of nitrogens with zero attached hydrogens (tertiary/aromatic N) is 5. The summed E-state index contributed by atoms with van der Waals surface area (Å²) in [5, 5.41) is 2.26. The average molecular weight is 622 g/mol. The second-order valence-corrected chi connectivity index (χ2v) is 10.9. The molecule has 2 N–H and O–H groups in total. The molecule has 0 saturated carbocycles. The van der Waals surface area contributed by atoms with Crippen LogP contribution in [0, 0.1) is 17.5 Å². The number of H-pyrrole nitrogens is 1. The fourth-order valence-corrected chi connectivity index (χ4v) is 5.51. The van der Waals surface area contributed by atoms with Crippen molar-refractivity contribution in [1.29, 1.82) is 0 Å². The SMILES string of the molecule is C[C@@H]1CN(c2cc(F)c(C3=CCCN(c4ncc(F)cn4)C3)c(F)c2NC(=O)c2c[nH]c(=O)cc2C(F)(F)F)C[C@H](C)N1C. The molecular formula is C29H29F6N7O2. The number of carbonyl (C=O) groups excluding carboxylic acids is 1. The molecule has 4 heterocycles. The molecule has 1 amide bonds. The fraction of sp³-hybridized carbons (Fsp3) is 0.379. The third kappa shape index (κ3) is 6.14. The maximum Gasteiger partial charge on any atom is 0.417 e. The van der Waals surface area contributed by atoms with Gasteiger partial charge in [-0.05, 0) is 32.9 Å². The van der Waals surface area contributed by atoms with Crippen molar-refractivity contribution in [1.82, 2.24) is 19.9 Å². The molecule has 3 aromatic rings. The van der Waals surface area contributed by atoms with E-state index in [1.807, 2.05) is 25.9 Å². The number of carbonyl (C=O) groups is 1. The van der Waals surface area contributed by atoms with Crippen LogP contribution in [0.3, 0.4) is 0 Å². The number of hydrogen-bond acceptors (Lipinski definition) is 7. The van der Waals surface area contributed by atoms with Crippen molar-refractivity contribution < 1.29 is 31.1 Å². The van der Waals surface area contributed by atoms with Crippen molar-refractivity contribution in [3.63, 3.8) is 0 Å². The van der Waals surface area contributed by atoms with Crippen LogP contribution in [0.4, 0.5) is 43.7 Å². The van der Waals surface area contributed by atoms with Gasteiger partial charge in [0, 0.05) is 56.6 Å². The van der Waals surface area contributed by atoms with Gasteiger partial charge in [0.2, 0.25) is 11.5 Å². The Kier molecular flexibility index (Phi) is 8.42. The number of likely N-dealkylation sites (N-methyl/N-ethyl adjacent to an activating group) is 1. The number of amides is 1. The lowest BCUT2D eigenvalue weighted by Gasteiger charge is -2.44. The summed E-state index contributed by atoms with van der Waals surface area (Å²) in [6.07, 6.45) is -0.583. The van der Waals surface area contributed by atoms with Gasteiger partial charge in [-0.3, -0.25) is 14.5 Å². The smallest absolute Gasteiger partial charge is 0.367 e. The molecule has 5 rings (SSSR count). The molecule has 0 bridgehead atoms. The van der Waals surface area contributed by atoms with E-state index >= 15 is 8.78 Å². The van der Waals surface area contributed by atoms with Crippen molar-refractivity contribution in [2.45, 2.75) is 38.5 Å². The zero-order chi connectivity index (χ0) is 31.9. The molecule has 0 aliphatic carbocycles. The first-order valence-corrected chi connectivity index (χ1v) is 13.8. The van der Waals surface area contributed by atoms with Crippen LogP contribution in [-0.2, 0) is 6.18 Å². The van der Waals surface area contributed by atoms with Crippen molar-refractivity contribution in [3.05, 3.63) is 81.3 Å². The van der Waals surface area contributed by atoms with Gasteiger partial charge in [0.15, 0.2) is 11.6 Å². The Labute approximate surface area is 248 Å². The highest BCUT2D eigenvalue weighted by molar-refractivity contribution is 6.07. The number of pyridine rings is 1. The van der Waals surface area contributed by atoms with Crippen LogP contribution < -0.4 is 20.7 Å². The van der Waals surface area contributed by atoms with Crippen LogP contribution >= 0.6 is 0 Å². The van der Waals surface area contributed by atoms with Crippen LogP contribution in [0.1, 0.15) is 41.8 Å². The Balaban J connectivity index is 1.59. The third-order valence-corrected chi connectivity index (χ3v) is 7.97. The summed E-state index contributed by atoms with van der Waals surface area (Å²) >= 11 is 0. The van der Waals surface area contributed by atoms with E-state index in [4.69, 9.17) is 0 Å². The molecule has 2 atom stereocenters. The topological polar surface area (TPSA) is 97.5 Å². The van der Waals surface area contributed by atoms with Gasteiger partial charge in [-0.2, -0.15) is 13.2 Å². The zero-order valence-electron chi connectivity index (χ0n) is 24.0. The van der Waals surface area contributed by atoms with Crippen LogP contribution in [0.25, 0.3) is 5.57 Å². The molecule has 9 nitrogen and oxygen atoms in total. The first kappa shape index (κ1) is 31.0. The normalized spacial score (nSPS) is 19.6. The Bertz CT molecular complexity index is 1650. The maximum absolute atomic E-state index is 16.5. The Hall–Kier alpha value is -4.40. The third-order valence-electron chi connectivity index (χ3n) is 7.97. The predicted molar refractivity (Wildman–Crippen MR) is 152 cm³/mol. The molecule has 44 heavy (non-hydrogen) atoms. The number of halogens is 6. The van der Waals surface area contributed by atoms with E-state index in [9.17, 15) is 27.2 Å². The number of nitrogens with one attached hydrogen (secondary N) is 2. The Morgan fingerprint density at radius 2 is 1.70 bits per heavy atom. The number of benzene rings is 1. The highest BCUT2D eigenvalue weighted by Gasteiger charge is 2.37. The minimum atomic E-state index is -5.06. The van der Waals surface area contributed by atoms with Gasteiger partial charge in [-0.15, -0.1) is 0 Å². The number of hydrogen-bond donors (Lipinski definition) is 2. The molecule has 0 unspecified atom stereocenters. The van der Waals surface area contributed by atoms with E-state index in [2.05, 4.69) is 20.2 Å². The lowest BCUT2D eigenvalue weighted by atomic mass is 9.97. The molecule has 1 aromatic carbocycles. The van der Waals surface area contributed by atoms with Crippen LogP contribution in [0.15, 0.2) is 41.6 Å². The minimum absolute atomic E-state index is 0.0444. The second-order valence-electron chi connectivity index (χ2n) is 10.9. The van der Waals surface area contributed by atoms with E-state index in [0.717, 1.165) is 18.5 Å². The molecule has 1 fully saturated rings. The number of aromatic amines is 1. The summed E-state index contributed by atoms with van der Waals surface area (Å²) in [6, 6.07) is 1.18. The molecule has 2 aliphatic heterocycles. The quantitative estimate of drug-likeness (QED) is 0.400. The van der Waals surface area contributed by atoms with Crippen molar-refractivity contribution in [3.8, 4) is 0 Å². The second kappa shape index (κ2) is 11.9. The Morgan fingerprint density at radius 1 is 1.05 bits per heavy atom. The summed E-state index contributed by atoms with van der Waals surface area (Å²) in [5.74, 6) is -3.98. The van der Waals surface area contributed by atoms with Gasteiger partial charge in [0.05, 0.1) is 34.8 Å². The fourth-order valence-electron chi connectivity index (χ4n) is 5.51. The highest BCUT2D eigenvalue weighted by Crippen LogP contribution is 2.39. The zero-order valence-corrected chi connectivity index (χ0v) is 24.0. The average Bonchev–Trinajstić information content (AvgIpc) is 2.97. The monoisotopic (exact) mass is 621 g/mol. The maximum atomic E-state index is 16.5. The molecule has 1 saturated heterocycles. The van der Waals surface area contributed by atoms with Gasteiger partial charge in [-0.25, -0.2) is 23.1 Å². The standard InChI is InChI=1S/C29H29F6N7O2/c1-15-12-42(13-16(2)40(15)3)22-8-21(31)24(17-5-4-6-41(14-17)28-37-9-18(30)10-38-28)25(32)26(22)39-27(44)19-11-36-23(43)7-20(19)29(33,34)35/h5,7-11,15-16H,4,6,12-14H2,1-3H3,(H,36,43)(H,39,44)/t15-,16+. The van der Waals surface area contributed by atoms with Gasteiger partial charge in [-0.1, -0.05) is 6.08 Å². The van der Waals surface area contributed by atoms with Gasteiger partial charge in [0.25, 0.3) is 5.91 Å². The lowest BCUT2D eigenvalue weighted by molar-refractivity contribution is -0.138. The first-order chi connectivity index (χ1) is 20.7. The molecule has 0 spiro atoms. The molecule has 2 aliphatic rings. The highest BCUT2D eigenvalue weighted by atomic mass is 19.4. The van der Waals surface area contributed by atoms with E-state index in [1.165, 1.54) is 0 Å². The minimum Gasteiger partial charge on any atom is -0.367 e. The first-order valence-electron chi connectivity index (χ1n) is 13.8. The van der Waals surface area contributed by atoms with E-state index in [1.54, 1.807) is 15.9 Å². The summed E-state index contributed by atoms with van der Waals surface area (Å²) in [4.78, 5) is 40.2. The van der Waals surface area contributed by atoms with Gasteiger partial charge < -0.3 is 20.1 Å². The summed E-state index contributed by atoms with van der Waals surface area (Å²) in [5.41, 5.74) is -4.38. The number of anilines is 3.